The first kappa shape index (κ1) is 25.2. The second-order valence-electron chi connectivity index (χ2n) is 8.22. The van der Waals surface area contributed by atoms with Crippen LogP contribution in [0.15, 0.2) is 42.6 Å². The number of aromatic nitrogens is 1. The maximum atomic E-state index is 13.6. The van der Waals surface area contributed by atoms with Gasteiger partial charge in [-0.3, -0.25) is 4.98 Å². The van der Waals surface area contributed by atoms with Crippen LogP contribution in [0.4, 0.5) is 4.39 Å². The number of hydrogen-bond donors (Lipinski definition) is 0. The summed E-state index contributed by atoms with van der Waals surface area (Å²) in [6.45, 7) is 5.61. The molecule has 0 spiro atoms. The van der Waals surface area contributed by atoms with Crippen LogP contribution in [0.5, 0.6) is 11.5 Å². The first-order valence-electron chi connectivity index (χ1n) is 12.2. The van der Waals surface area contributed by atoms with E-state index in [1.165, 1.54) is 32.1 Å². The fourth-order valence-corrected chi connectivity index (χ4v) is 3.61. The molecule has 0 aliphatic carbocycles. The van der Waals surface area contributed by atoms with Gasteiger partial charge in [0.05, 0.1) is 13.2 Å². The topological polar surface area (TPSA) is 31.4 Å². The summed E-state index contributed by atoms with van der Waals surface area (Å²) >= 11 is 0. The molecule has 31 heavy (non-hydrogen) atoms. The van der Waals surface area contributed by atoms with Crippen molar-refractivity contribution < 1.29 is 13.9 Å². The van der Waals surface area contributed by atoms with Gasteiger partial charge in [-0.1, -0.05) is 52.4 Å². The summed E-state index contributed by atoms with van der Waals surface area (Å²) in [7, 11) is 0. The van der Waals surface area contributed by atoms with Gasteiger partial charge < -0.3 is 9.47 Å². The normalized spacial score (nSPS) is 12.0. The van der Waals surface area contributed by atoms with E-state index in [4.69, 9.17) is 9.47 Å². The molecule has 0 aliphatic rings. The van der Waals surface area contributed by atoms with Crippen LogP contribution in [0.1, 0.15) is 84.5 Å². The SMILES string of the molecule is CCCCCCCCOc1ccc(-c2ncccc2OCCCC[C@@H](F)CCC)cc1. The highest BCUT2D eigenvalue weighted by atomic mass is 19.1. The lowest BCUT2D eigenvalue weighted by Gasteiger charge is -2.12. The van der Waals surface area contributed by atoms with Gasteiger partial charge in [0.15, 0.2) is 0 Å². The summed E-state index contributed by atoms with van der Waals surface area (Å²) < 4.78 is 25.4. The van der Waals surface area contributed by atoms with Crippen molar-refractivity contribution in [3.63, 3.8) is 0 Å². The van der Waals surface area contributed by atoms with Crippen LogP contribution in [0.2, 0.25) is 0 Å². The van der Waals surface area contributed by atoms with Crippen molar-refractivity contribution >= 4 is 0 Å². The molecule has 0 saturated carbocycles. The minimum absolute atomic E-state index is 0.580. The van der Waals surface area contributed by atoms with Gasteiger partial charge in [-0.2, -0.15) is 0 Å². The van der Waals surface area contributed by atoms with Gasteiger partial charge in [0, 0.05) is 11.8 Å². The van der Waals surface area contributed by atoms with Crippen LogP contribution in [0, 0.1) is 0 Å². The Kier molecular flexibility index (Phi) is 12.7. The third kappa shape index (κ3) is 10.2. The number of ether oxygens (including phenoxy) is 2. The lowest BCUT2D eigenvalue weighted by molar-refractivity contribution is 0.264. The molecule has 0 fully saturated rings. The number of unbranched alkanes of at least 4 members (excludes halogenated alkanes) is 6. The monoisotopic (exact) mass is 429 g/mol. The highest BCUT2D eigenvalue weighted by molar-refractivity contribution is 5.66. The molecule has 0 radical (unpaired) electrons. The summed E-state index contributed by atoms with van der Waals surface area (Å²) in [6, 6.07) is 11.9. The average molecular weight is 430 g/mol. The predicted octanol–water partition coefficient (Wildman–Crippen LogP) is 8.18. The number of rotatable bonds is 17. The zero-order valence-electron chi connectivity index (χ0n) is 19.5. The molecule has 0 amide bonds. The maximum absolute atomic E-state index is 13.6. The molecule has 0 aliphatic heterocycles. The highest BCUT2D eigenvalue weighted by Crippen LogP contribution is 2.29. The molecule has 1 aromatic heterocycles. The van der Waals surface area contributed by atoms with E-state index in [0.717, 1.165) is 55.0 Å². The summed E-state index contributed by atoms with van der Waals surface area (Å²) in [5.74, 6) is 1.66. The lowest BCUT2D eigenvalue weighted by Crippen LogP contribution is -2.03. The number of hydrogen-bond acceptors (Lipinski definition) is 3. The average Bonchev–Trinajstić information content (AvgIpc) is 2.79. The molecule has 0 saturated heterocycles. The molecule has 0 N–H and O–H groups in total. The molecular formula is C27H40FNO2. The Morgan fingerprint density at radius 3 is 2.26 bits per heavy atom. The van der Waals surface area contributed by atoms with Crippen molar-refractivity contribution in [2.75, 3.05) is 13.2 Å². The number of nitrogens with zero attached hydrogens (tertiary/aromatic N) is 1. The number of pyridine rings is 1. The Morgan fingerprint density at radius 2 is 1.48 bits per heavy atom. The van der Waals surface area contributed by atoms with Crippen molar-refractivity contribution in [2.45, 2.75) is 90.6 Å². The Morgan fingerprint density at radius 1 is 0.774 bits per heavy atom. The van der Waals surface area contributed by atoms with E-state index in [9.17, 15) is 4.39 Å². The second-order valence-corrected chi connectivity index (χ2v) is 8.22. The second kappa shape index (κ2) is 15.7. The lowest BCUT2D eigenvalue weighted by atomic mass is 10.1. The zero-order chi connectivity index (χ0) is 22.2. The summed E-state index contributed by atoms with van der Waals surface area (Å²) in [6.07, 6.45) is 12.6. The van der Waals surface area contributed by atoms with Gasteiger partial charge in [-0.15, -0.1) is 0 Å². The largest absolute Gasteiger partial charge is 0.494 e. The van der Waals surface area contributed by atoms with Gasteiger partial charge in [-0.25, -0.2) is 4.39 Å². The number of benzene rings is 1. The van der Waals surface area contributed by atoms with E-state index in [-0.39, 0.29) is 0 Å². The van der Waals surface area contributed by atoms with E-state index < -0.39 is 6.17 Å². The summed E-state index contributed by atoms with van der Waals surface area (Å²) in [4.78, 5) is 4.52. The Hall–Kier alpha value is -2.10. The molecule has 4 heteroatoms. The smallest absolute Gasteiger partial charge is 0.145 e. The fraction of sp³-hybridized carbons (Fsp3) is 0.593. The van der Waals surface area contributed by atoms with Gasteiger partial charge in [-0.05, 0) is 68.5 Å². The number of halogens is 1. The Balaban J connectivity index is 1.77. The van der Waals surface area contributed by atoms with Crippen molar-refractivity contribution in [1.29, 1.82) is 0 Å². The molecule has 1 heterocycles. The molecule has 1 atom stereocenters. The first-order chi connectivity index (χ1) is 15.2. The standard InChI is InChI=1S/C27H40FNO2/c1-3-5-6-7-8-10-21-30-25-18-16-23(17-19-25)27-26(15-12-20-29-27)31-22-11-9-14-24(28)13-4-2/h12,15-20,24H,3-11,13-14,21-22H2,1-2H3/t24-/m0/s1. The minimum Gasteiger partial charge on any atom is -0.494 e. The van der Waals surface area contributed by atoms with E-state index in [1.54, 1.807) is 6.20 Å². The third-order valence-electron chi connectivity index (χ3n) is 5.44. The van der Waals surface area contributed by atoms with Gasteiger partial charge in [0.1, 0.15) is 23.4 Å². The van der Waals surface area contributed by atoms with Crippen LogP contribution in [-0.2, 0) is 0 Å². The quantitative estimate of drug-likeness (QED) is 0.238. The van der Waals surface area contributed by atoms with Crippen LogP contribution < -0.4 is 9.47 Å². The van der Waals surface area contributed by atoms with E-state index in [0.29, 0.717) is 19.4 Å². The third-order valence-corrected chi connectivity index (χ3v) is 5.44. The maximum Gasteiger partial charge on any atom is 0.145 e. The molecule has 2 aromatic rings. The van der Waals surface area contributed by atoms with E-state index in [1.807, 2.05) is 43.3 Å². The summed E-state index contributed by atoms with van der Waals surface area (Å²) in [5, 5.41) is 0. The van der Waals surface area contributed by atoms with Crippen LogP contribution >= 0.6 is 0 Å². The van der Waals surface area contributed by atoms with Gasteiger partial charge >= 0.3 is 0 Å². The Bertz CT molecular complexity index is 705. The van der Waals surface area contributed by atoms with Crippen molar-refractivity contribution in [1.82, 2.24) is 4.98 Å². The molecule has 3 nitrogen and oxygen atoms in total. The molecule has 172 valence electrons. The molecular weight excluding hydrogens is 389 g/mol. The van der Waals surface area contributed by atoms with Crippen LogP contribution in [-0.4, -0.2) is 24.4 Å². The van der Waals surface area contributed by atoms with Gasteiger partial charge in [0.25, 0.3) is 0 Å². The molecule has 0 bridgehead atoms. The van der Waals surface area contributed by atoms with Gasteiger partial charge in [0.2, 0.25) is 0 Å². The fourth-order valence-electron chi connectivity index (χ4n) is 3.61. The minimum atomic E-state index is -0.680. The van der Waals surface area contributed by atoms with Crippen LogP contribution in [0.3, 0.4) is 0 Å². The molecule has 0 unspecified atom stereocenters. The predicted molar refractivity (Wildman–Crippen MR) is 128 cm³/mol. The van der Waals surface area contributed by atoms with Crippen molar-refractivity contribution in [2.24, 2.45) is 0 Å². The van der Waals surface area contributed by atoms with E-state index in [2.05, 4.69) is 11.9 Å². The van der Waals surface area contributed by atoms with Crippen molar-refractivity contribution in [3.05, 3.63) is 42.6 Å². The zero-order valence-corrected chi connectivity index (χ0v) is 19.5. The first-order valence-corrected chi connectivity index (χ1v) is 12.2. The molecule has 2 rings (SSSR count). The van der Waals surface area contributed by atoms with Crippen LogP contribution in [0.25, 0.3) is 11.3 Å². The number of alkyl halides is 1. The molecule has 1 aromatic carbocycles. The van der Waals surface area contributed by atoms with Crippen molar-refractivity contribution in [3.8, 4) is 22.8 Å². The highest BCUT2D eigenvalue weighted by Gasteiger charge is 2.09. The van der Waals surface area contributed by atoms with E-state index >= 15 is 0 Å². The summed E-state index contributed by atoms with van der Waals surface area (Å²) in [5.41, 5.74) is 1.84. The Labute approximate surface area is 188 Å².